The number of hydrogen-bond donors (Lipinski definition) is 1. The van der Waals surface area contributed by atoms with Crippen molar-refractivity contribution in [2.45, 2.75) is 19.4 Å². The number of carbonyl (C=O) groups is 1. The van der Waals surface area contributed by atoms with Gasteiger partial charge in [0, 0.05) is 24.2 Å². The maximum absolute atomic E-state index is 12.5. The fourth-order valence-corrected chi connectivity index (χ4v) is 3.79. The third kappa shape index (κ3) is 2.99. The van der Waals surface area contributed by atoms with Crippen molar-refractivity contribution >= 4 is 28.8 Å². The Kier molecular flexibility index (Phi) is 4.17. The van der Waals surface area contributed by atoms with Crippen molar-refractivity contribution in [3.8, 4) is 0 Å². The van der Waals surface area contributed by atoms with Gasteiger partial charge in [-0.1, -0.05) is 12.1 Å². The fourth-order valence-electron chi connectivity index (χ4n) is 3.15. The molecule has 0 spiro atoms. The number of pyridine rings is 1. The summed E-state index contributed by atoms with van der Waals surface area (Å²) in [4.78, 5) is 15.8. The summed E-state index contributed by atoms with van der Waals surface area (Å²) in [5.41, 5.74) is 0.830. The Balaban J connectivity index is 1.44. The van der Waals surface area contributed by atoms with E-state index in [0.29, 0.717) is 13.1 Å². The molecule has 1 saturated heterocycles. The number of aromatic nitrogens is 3. The minimum atomic E-state index is -0.00484. The number of piperidine rings is 1. The van der Waals surface area contributed by atoms with Crippen LogP contribution in [0.2, 0.25) is 0 Å². The topological polar surface area (TPSA) is 62.5 Å². The highest BCUT2D eigenvalue weighted by molar-refractivity contribution is 7.09. The van der Waals surface area contributed by atoms with E-state index in [9.17, 15) is 4.79 Å². The highest BCUT2D eigenvalue weighted by Crippen LogP contribution is 2.22. The van der Waals surface area contributed by atoms with E-state index >= 15 is 0 Å². The van der Waals surface area contributed by atoms with Crippen LogP contribution < -0.4 is 10.2 Å². The van der Waals surface area contributed by atoms with Gasteiger partial charge in [-0.2, -0.15) is 0 Å². The van der Waals surface area contributed by atoms with Crippen molar-refractivity contribution in [2.24, 2.45) is 5.92 Å². The molecule has 4 heterocycles. The summed E-state index contributed by atoms with van der Waals surface area (Å²) >= 11 is 1.66. The van der Waals surface area contributed by atoms with Crippen LogP contribution in [0.25, 0.3) is 5.65 Å². The molecule has 0 aliphatic carbocycles. The second-order valence-corrected chi connectivity index (χ2v) is 7.04. The lowest BCUT2D eigenvalue weighted by Gasteiger charge is -2.31. The molecule has 1 aliphatic heterocycles. The molecule has 0 unspecified atom stereocenters. The Hall–Kier alpha value is -2.41. The van der Waals surface area contributed by atoms with Crippen molar-refractivity contribution in [1.29, 1.82) is 0 Å². The second kappa shape index (κ2) is 6.60. The van der Waals surface area contributed by atoms with Crippen LogP contribution in [0.4, 0.5) is 5.95 Å². The van der Waals surface area contributed by atoms with Gasteiger partial charge in [0.1, 0.15) is 0 Å². The molecule has 4 rings (SSSR count). The molecule has 1 fully saturated rings. The third-order valence-electron chi connectivity index (χ3n) is 4.39. The lowest BCUT2D eigenvalue weighted by molar-refractivity contribution is -0.125. The van der Waals surface area contributed by atoms with Crippen LogP contribution >= 0.6 is 11.3 Å². The summed E-state index contributed by atoms with van der Waals surface area (Å²) in [5, 5.41) is 13.6. The quantitative estimate of drug-likeness (QED) is 0.791. The first-order valence-electron chi connectivity index (χ1n) is 8.16. The molecule has 6 nitrogen and oxygen atoms in total. The number of carbonyl (C=O) groups excluding carboxylic acids is 1. The van der Waals surface area contributed by atoms with E-state index in [0.717, 1.165) is 31.0 Å². The molecule has 0 radical (unpaired) electrons. The second-order valence-electron chi connectivity index (χ2n) is 6.01. The average molecular weight is 341 g/mol. The van der Waals surface area contributed by atoms with E-state index in [1.165, 1.54) is 4.88 Å². The zero-order chi connectivity index (χ0) is 16.4. The molecule has 1 atom stereocenters. The van der Waals surface area contributed by atoms with E-state index in [4.69, 9.17) is 0 Å². The Bertz CT molecular complexity index is 829. The summed E-state index contributed by atoms with van der Waals surface area (Å²) in [5.74, 6) is 0.943. The Morgan fingerprint density at radius 1 is 1.29 bits per heavy atom. The van der Waals surface area contributed by atoms with Crippen LogP contribution in [0, 0.1) is 5.92 Å². The standard InChI is InChI=1S/C17H19N5OS/c23-16(18-11-14-6-4-10-24-14)13-5-3-8-21(12-13)17-20-19-15-7-1-2-9-22(15)17/h1-2,4,6-7,9-10,13H,3,5,8,11-12H2,(H,18,23)/t13-/m1/s1. The molecule has 1 N–H and O–H groups in total. The molecule has 3 aromatic heterocycles. The number of nitrogens with one attached hydrogen (secondary N) is 1. The lowest BCUT2D eigenvalue weighted by atomic mass is 9.97. The van der Waals surface area contributed by atoms with E-state index < -0.39 is 0 Å². The first-order valence-corrected chi connectivity index (χ1v) is 9.04. The van der Waals surface area contributed by atoms with Gasteiger partial charge in [0.15, 0.2) is 5.65 Å². The summed E-state index contributed by atoms with van der Waals surface area (Å²) in [6.45, 7) is 2.21. The van der Waals surface area contributed by atoms with E-state index in [1.807, 2.05) is 46.3 Å². The highest BCUT2D eigenvalue weighted by atomic mass is 32.1. The predicted molar refractivity (Wildman–Crippen MR) is 94.1 cm³/mol. The number of fused-ring (bicyclic) bond motifs is 1. The van der Waals surface area contributed by atoms with E-state index in [2.05, 4.69) is 20.4 Å². The molecule has 7 heteroatoms. The van der Waals surface area contributed by atoms with Gasteiger partial charge in [-0.25, -0.2) is 0 Å². The minimum absolute atomic E-state index is 0.00484. The molecule has 3 aromatic rings. The zero-order valence-electron chi connectivity index (χ0n) is 13.3. The van der Waals surface area contributed by atoms with Gasteiger partial charge < -0.3 is 10.2 Å². The van der Waals surface area contributed by atoms with Gasteiger partial charge in [0.25, 0.3) is 0 Å². The van der Waals surface area contributed by atoms with Crippen molar-refractivity contribution in [2.75, 3.05) is 18.0 Å². The largest absolute Gasteiger partial charge is 0.351 e. The Morgan fingerprint density at radius 2 is 2.25 bits per heavy atom. The number of thiophene rings is 1. The van der Waals surface area contributed by atoms with Crippen molar-refractivity contribution in [3.63, 3.8) is 0 Å². The molecular weight excluding hydrogens is 322 g/mol. The zero-order valence-corrected chi connectivity index (χ0v) is 14.1. The number of amides is 1. The van der Waals surface area contributed by atoms with Crippen LogP contribution in [0.5, 0.6) is 0 Å². The number of hydrogen-bond acceptors (Lipinski definition) is 5. The number of anilines is 1. The highest BCUT2D eigenvalue weighted by Gasteiger charge is 2.27. The first-order chi connectivity index (χ1) is 11.8. The van der Waals surface area contributed by atoms with Crippen LogP contribution in [0.3, 0.4) is 0 Å². The van der Waals surface area contributed by atoms with E-state index in [-0.39, 0.29) is 11.8 Å². The third-order valence-corrected chi connectivity index (χ3v) is 5.26. The molecule has 1 amide bonds. The molecule has 24 heavy (non-hydrogen) atoms. The van der Waals surface area contributed by atoms with Crippen molar-refractivity contribution in [3.05, 3.63) is 46.8 Å². The van der Waals surface area contributed by atoms with Crippen molar-refractivity contribution < 1.29 is 4.79 Å². The van der Waals surface area contributed by atoms with Gasteiger partial charge in [0.05, 0.1) is 12.5 Å². The van der Waals surface area contributed by atoms with Gasteiger partial charge in [-0.15, -0.1) is 21.5 Å². The Morgan fingerprint density at radius 3 is 3.12 bits per heavy atom. The fraction of sp³-hybridized carbons (Fsp3) is 0.353. The summed E-state index contributed by atoms with van der Waals surface area (Å²) in [6.07, 6.45) is 3.87. The summed E-state index contributed by atoms with van der Waals surface area (Å²) < 4.78 is 1.98. The van der Waals surface area contributed by atoms with Gasteiger partial charge >= 0.3 is 0 Å². The van der Waals surface area contributed by atoms with Crippen LogP contribution in [-0.2, 0) is 11.3 Å². The maximum Gasteiger partial charge on any atom is 0.231 e. The minimum Gasteiger partial charge on any atom is -0.351 e. The van der Waals surface area contributed by atoms with Crippen LogP contribution in [0.1, 0.15) is 17.7 Å². The number of nitrogens with zero attached hydrogens (tertiary/aromatic N) is 4. The van der Waals surface area contributed by atoms with Gasteiger partial charge in [-0.3, -0.25) is 9.20 Å². The van der Waals surface area contributed by atoms with Gasteiger partial charge in [0.2, 0.25) is 11.9 Å². The molecule has 1 aliphatic rings. The lowest BCUT2D eigenvalue weighted by Crippen LogP contribution is -2.43. The first kappa shape index (κ1) is 15.1. The summed E-state index contributed by atoms with van der Waals surface area (Å²) in [6, 6.07) is 9.90. The predicted octanol–water partition coefficient (Wildman–Crippen LogP) is 2.32. The van der Waals surface area contributed by atoms with E-state index in [1.54, 1.807) is 11.3 Å². The summed E-state index contributed by atoms with van der Waals surface area (Å²) in [7, 11) is 0. The molecule has 0 bridgehead atoms. The van der Waals surface area contributed by atoms with Crippen LogP contribution in [-0.4, -0.2) is 33.6 Å². The SMILES string of the molecule is O=C(NCc1cccs1)[C@@H]1CCCN(c2nnc3ccccn23)C1. The Labute approximate surface area is 144 Å². The normalized spacial score (nSPS) is 18.0. The molecule has 0 saturated carbocycles. The average Bonchev–Trinajstić information content (AvgIpc) is 3.29. The smallest absolute Gasteiger partial charge is 0.231 e. The molecule has 124 valence electrons. The monoisotopic (exact) mass is 341 g/mol. The van der Waals surface area contributed by atoms with Crippen LogP contribution in [0.15, 0.2) is 41.9 Å². The number of rotatable bonds is 4. The van der Waals surface area contributed by atoms with Crippen molar-refractivity contribution in [1.82, 2.24) is 19.9 Å². The molecule has 0 aromatic carbocycles. The molecular formula is C17H19N5OS. The maximum atomic E-state index is 12.5. The van der Waals surface area contributed by atoms with Gasteiger partial charge in [-0.05, 0) is 36.4 Å².